The molecule has 56 heavy (non-hydrogen) atoms. The first kappa shape index (κ1) is 36.8. The zero-order valence-corrected chi connectivity index (χ0v) is 32.3. The summed E-state index contributed by atoms with van der Waals surface area (Å²) in [6, 6.07) is 11.0. The van der Waals surface area contributed by atoms with Crippen LogP contribution in [0.2, 0.25) is 0 Å². The van der Waals surface area contributed by atoms with Crippen LogP contribution in [0, 0.1) is 27.4 Å². The molecule has 296 valence electrons. The molecule has 3 aromatic heterocycles. The van der Waals surface area contributed by atoms with Gasteiger partial charge in [-0.05, 0) is 86.5 Å². The number of piperidine rings is 1. The quantitative estimate of drug-likeness (QED) is 0.115. The molecule has 16 heteroatoms. The molecule has 3 N–H and O–H groups in total. The van der Waals surface area contributed by atoms with E-state index in [4.69, 9.17) is 9.47 Å². The molecule has 2 unspecified atom stereocenters. The van der Waals surface area contributed by atoms with Crippen molar-refractivity contribution in [2.24, 2.45) is 17.3 Å². The number of carbonyl (C=O) groups excluding carboxylic acids is 1. The summed E-state index contributed by atoms with van der Waals surface area (Å²) in [5, 5.41) is 15.9. The lowest BCUT2D eigenvalue weighted by Crippen LogP contribution is -2.57. The highest BCUT2D eigenvalue weighted by Crippen LogP contribution is 2.54. The maximum Gasteiger partial charge on any atom is 0.312 e. The van der Waals surface area contributed by atoms with Crippen molar-refractivity contribution in [3.8, 4) is 11.5 Å². The van der Waals surface area contributed by atoms with Gasteiger partial charge in [-0.15, -0.1) is 0 Å². The Balaban J connectivity index is 0.913. The SMILES string of the molecule is C[C@H]1CC[C@@H](CNc2ncc(S(=O)(=O)NC(=O)c3ccc(N4CCC5(CC4)CC(N4CCOC6CC64)C5)cc3Oc3cnc4[nH]ccc4c3)cc2[N+](=O)[O-])CC1. The van der Waals surface area contributed by atoms with E-state index in [0.717, 1.165) is 88.1 Å². The lowest BCUT2D eigenvalue weighted by Gasteiger charge is -2.56. The summed E-state index contributed by atoms with van der Waals surface area (Å²) in [6.07, 6.45) is 14.8. The fourth-order valence-corrected chi connectivity index (χ4v) is 10.3. The average Bonchev–Trinajstić information content (AvgIpc) is 3.84. The van der Waals surface area contributed by atoms with Gasteiger partial charge >= 0.3 is 5.69 Å². The van der Waals surface area contributed by atoms with Gasteiger partial charge in [-0.3, -0.25) is 19.8 Å². The van der Waals surface area contributed by atoms with E-state index in [2.05, 4.69) is 41.7 Å². The number of aromatic amines is 1. The molecular weight excluding hydrogens is 737 g/mol. The molecule has 5 aliphatic rings. The first-order valence-corrected chi connectivity index (χ1v) is 21.3. The van der Waals surface area contributed by atoms with Crippen molar-refractivity contribution >= 4 is 44.2 Å². The Kier molecular flexibility index (Phi) is 9.60. The van der Waals surface area contributed by atoms with Gasteiger partial charge in [-0.2, -0.15) is 0 Å². The van der Waals surface area contributed by atoms with Crippen LogP contribution in [-0.2, 0) is 14.8 Å². The number of sulfonamides is 1. The van der Waals surface area contributed by atoms with E-state index < -0.39 is 31.4 Å². The van der Waals surface area contributed by atoms with Crippen LogP contribution in [0.3, 0.4) is 0 Å². The number of nitrogens with one attached hydrogen (secondary N) is 3. The fraction of sp³-hybridized carbons (Fsp3) is 0.525. The number of hydrogen-bond acceptors (Lipinski definition) is 12. The molecule has 2 atom stereocenters. The van der Waals surface area contributed by atoms with Crippen molar-refractivity contribution in [3.05, 3.63) is 70.7 Å². The Morgan fingerprint density at radius 2 is 1.88 bits per heavy atom. The first-order chi connectivity index (χ1) is 27.0. The van der Waals surface area contributed by atoms with Crippen molar-refractivity contribution in [2.45, 2.75) is 87.8 Å². The number of fused-ring (bicyclic) bond motifs is 2. The van der Waals surface area contributed by atoms with Crippen LogP contribution in [0.15, 0.2) is 59.9 Å². The van der Waals surface area contributed by atoms with Crippen LogP contribution < -0.4 is 19.7 Å². The van der Waals surface area contributed by atoms with Crippen LogP contribution >= 0.6 is 0 Å². The first-order valence-electron chi connectivity index (χ1n) is 19.9. The summed E-state index contributed by atoms with van der Waals surface area (Å²) in [7, 11) is -4.57. The highest BCUT2D eigenvalue weighted by Gasteiger charge is 2.54. The molecule has 5 heterocycles. The van der Waals surface area contributed by atoms with E-state index in [1.165, 1.54) is 25.5 Å². The predicted octanol–water partition coefficient (Wildman–Crippen LogP) is 6.24. The third-order valence-electron chi connectivity index (χ3n) is 12.9. The molecule has 4 aromatic rings. The number of carbonyl (C=O) groups is 1. The number of anilines is 2. The molecule has 0 radical (unpaired) electrons. The van der Waals surface area contributed by atoms with Gasteiger partial charge in [0.15, 0.2) is 0 Å². The number of pyridine rings is 2. The van der Waals surface area contributed by atoms with Gasteiger partial charge in [0.05, 0.1) is 35.6 Å². The highest BCUT2D eigenvalue weighted by molar-refractivity contribution is 7.90. The van der Waals surface area contributed by atoms with E-state index in [0.29, 0.717) is 53.4 Å². The zero-order chi connectivity index (χ0) is 38.6. The van der Waals surface area contributed by atoms with Crippen LogP contribution in [0.4, 0.5) is 17.2 Å². The van der Waals surface area contributed by atoms with Gasteiger partial charge < -0.3 is 24.7 Å². The number of aromatic nitrogens is 3. The van der Waals surface area contributed by atoms with Crippen molar-refractivity contribution in [1.29, 1.82) is 0 Å². The molecule has 1 amide bonds. The Hall–Kier alpha value is -4.80. The standard InChI is InChI=1S/C40H48N8O7S/c1-25-2-4-26(5-3-25)22-42-38-34(48(50)51)18-31(24-44-38)56(52,53)45-39(49)32-7-6-28(17-35(32)55-30-16-27-8-11-41-37(27)43-23-30)46-12-9-40(10-13-46)20-29(21-40)47-14-15-54-36-19-33(36)47/h6-8,11,16-18,23-26,29,33,36H,2-5,9-10,12-15,19-22H2,1H3,(H,41,43)(H,42,44)(H,45,49)/t25-,26+,33?,36?. The largest absolute Gasteiger partial charge is 0.455 e. The lowest BCUT2D eigenvalue weighted by molar-refractivity contribution is -0.384. The van der Waals surface area contributed by atoms with Gasteiger partial charge in [0, 0.05) is 67.7 Å². The van der Waals surface area contributed by atoms with Crippen LogP contribution in [0.1, 0.15) is 75.1 Å². The van der Waals surface area contributed by atoms with Crippen LogP contribution in [-0.4, -0.2) is 90.1 Å². The summed E-state index contributed by atoms with van der Waals surface area (Å²) >= 11 is 0. The minimum Gasteiger partial charge on any atom is -0.455 e. The number of ether oxygens (including phenoxy) is 2. The maximum absolute atomic E-state index is 13.8. The number of morpholine rings is 1. The minimum atomic E-state index is -4.57. The topological polar surface area (TPSA) is 185 Å². The number of benzene rings is 1. The molecule has 9 rings (SSSR count). The van der Waals surface area contributed by atoms with E-state index >= 15 is 0 Å². The molecule has 15 nitrogen and oxygen atoms in total. The highest BCUT2D eigenvalue weighted by atomic mass is 32.2. The van der Waals surface area contributed by atoms with Crippen LogP contribution in [0.25, 0.3) is 11.0 Å². The Morgan fingerprint density at radius 3 is 2.66 bits per heavy atom. The van der Waals surface area contributed by atoms with Crippen molar-refractivity contribution in [3.63, 3.8) is 0 Å². The van der Waals surface area contributed by atoms with Gasteiger partial charge in [-0.25, -0.2) is 23.1 Å². The second-order valence-electron chi connectivity index (χ2n) is 16.6. The average molecular weight is 785 g/mol. The van der Waals surface area contributed by atoms with E-state index in [9.17, 15) is 23.3 Å². The zero-order valence-electron chi connectivity index (χ0n) is 31.5. The molecule has 3 aliphatic carbocycles. The second kappa shape index (κ2) is 14.6. The third-order valence-corrected chi connectivity index (χ3v) is 14.2. The van der Waals surface area contributed by atoms with Crippen LogP contribution in [0.5, 0.6) is 11.5 Å². The Bertz CT molecular complexity index is 2240. The number of amides is 1. The van der Waals surface area contributed by atoms with Crippen molar-refractivity contribution < 1.29 is 27.6 Å². The van der Waals surface area contributed by atoms with Gasteiger partial charge in [-0.1, -0.05) is 19.8 Å². The smallest absolute Gasteiger partial charge is 0.312 e. The minimum absolute atomic E-state index is 0.00701. The summed E-state index contributed by atoms with van der Waals surface area (Å²) in [6.45, 7) is 6.30. The van der Waals surface area contributed by atoms with E-state index in [1.54, 1.807) is 24.4 Å². The summed E-state index contributed by atoms with van der Waals surface area (Å²) in [5.41, 5.74) is 1.38. The molecule has 1 spiro atoms. The van der Waals surface area contributed by atoms with Crippen molar-refractivity contribution in [1.82, 2.24) is 24.6 Å². The molecule has 0 bridgehead atoms. The molecule has 1 aromatic carbocycles. The summed E-state index contributed by atoms with van der Waals surface area (Å²) in [4.78, 5) is 41.3. The predicted molar refractivity (Wildman–Crippen MR) is 210 cm³/mol. The number of nitro groups is 1. The van der Waals surface area contributed by atoms with E-state index in [1.807, 2.05) is 12.1 Å². The molecule has 5 fully saturated rings. The third kappa shape index (κ3) is 7.41. The lowest BCUT2D eigenvalue weighted by atomic mass is 9.60. The summed E-state index contributed by atoms with van der Waals surface area (Å²) < 4.78 is 41.4. The molecule has 3 saturated carbocycles. The number of rotatable bonds is 11. The Labute approximate surface area is 325 Å². The number of nitrogens with zero attached hydrogens (tertiary/aromatic N) is 5. The molecular formula is C40H48N8O7S. The van der Waals surface area contributed by atoms with Gasteiger partial charge in [0.25, 0.3) is 15.9 Å². The molecule has 2 aliphatic heterocycles. The summed E-state index contributed by atoms with van der Waals surface area (Å²) in [5.74, 6) is 0.593. The van der Waals surface area contributed by atoms with Gasteiger partial charge in [0.1, 0.15) is 22.0 Å². The fourth-order valence-electron chi connectivity index (χ4n) is 9.39. The monoisotopic (exact) mass is 784 g/mol. The number of H-pyrrole nitrogens is 1. The molecule has 2 saturated heterocycles. The van der Waals surface area contributed by atoms with E-state index in [-0.39, 0.29) is 17.1 Å². The normalized spacial score (nSPS) is 25.0. The number of hydrogen-bond donors (Lipinski definition) is 3. The second-order valence-corrected chi connectivity index (χ2v) is 18.3. The van der Waals surface area contributed by atoms with Crippen molar-refractivity contribution in [2.75, 3.05) is 43.0 Å². The van der Waals surface area contributed by atoms with Gasteiger partial charge in [0.2, 0.25) is 5.82 Å². The Morgan fingerprint density at radius 1 is 1.07 bits per heavy atom. The maximum atomic E-state index is 13.8.